The Hall–Kier alpha value is -4.74. The summed E-state index contributed by atoms with van der Waals surface area (Å²) in [4.78, 5) is 87.4. The zero-order chi connectivity index (χ0) is 38.2. The van der Waals surface area contributed by atoms with Gasteiger partial charge in [-0.1, -0.05) is 102 Å². The minimum atomic E-state index is -1.38. The summed E-state index contributed by atoms with van der Waals surface area (Å²) >= 11 is 0. The number of esters is 3. The van der Waals surface area contributed by atoms with Crippen molar-refractivity contribution in [1.82, 2.24) is 14.7 Å². The Balaban J connectivity index is 2.18. The molecule has 2 aromatic rings. The molecule has 12 nitrogen and oxygen atoms in total. The van der Waals surface area contributed by atoms with E-state index in [1.54, 1.807) is 90.1 Å². The van der Waals surface area contributed by atoms with Gasteiger partial charge in [0.15, 0.2) is 18.3 Å². The zero-order valence-electron chi connectivity index (χ0n) is 31.4. The lowest BCUT2D eigenvalue weighted by Crippen LogP contribution is -2.56. The maximum absolute atomic E-state index is 14.3. The van der Waals surface area contributed by atoms with Gasteiger partial charge in [-0.3, -0.25) is 14.4 Å². The van der Waals surface area contributed by atoms with E-state index in [1.165, 1.54) is 37.9 Å². The van der Waals surface area contributed by atoms with Gasteiger partial charge in [-0.15, -0.1) is 0 Å². The van der Waals surface area contributed by atoms with E-state index >= 15 is 0 Å². The summed E-state index contributed by atoms with van der Waals surface area (Å²) in [6.45, 7) is 11.8. The van der Waals surface area contributed by atoms with Crippen LogP contribution in [0, 0.1) is 17.8 Å². The van der Waals surface area contributed by atoms with Crippen molar-refractivity contribution < 1.29 is 43.0 Å². The number of rotatable bonds is 7. The molecule has 3 rings (SSSR count). The van der Waals surface area contributed by atoms with Crippen LogP contribution in [0.15, 0.2) is 60.7 Å². The highest BCUT2D eigenvalue weighted by Gasteiger charge is 2.43. The molecule has 0 aromatic heterocycles. The monoisotopic (exact) mass is 707 g/mol. The van der Waals surface area contributed by atoms with Gasteiger partial charge in [0.2, 0.25) is 0 Å². The van der Waals surface area contributed by atoms with E-state index in [9.17, 15) is 28.8 Å². The van der Waals surface area contributed by atoms with Gasteiger partial charge in [-0.05, 0) is 35.8 Å². The molecule has 1 aliphatic rings. The molecule has 0 saturated carbocycles. The molecule has 6 atom stereocenters. The van der Waals surface area contributed by atoms with E-state index in [-0.39, 0.29) is 12.8 Å². The summed E-state index contributed by atoms with van der Waals surface area (Å²) < 4.78 is 17.5. The number of benzene rings is 2. The van der Waals surface area contributed by atoms with Crippen molar-refractivity contribution in [3.63, 3.8) is 0 Å². The average Bonchev–Trinajstić information content (AvgIpc) is 3.06. The molecule has 1 heterocycles. The van der Waals surface area contributed by atoms with Gasteiger partial charge < -0.3 is 28.9 Å². The Kier molecular flexibility index (Phi) is 14.3. The van der Waals surface area contributed by atoms with Crippen LogP contribution in [0.25, 0.3) is 0 Å². The molecule has 12 heteroatoms. The Morgan fingerprint density at radius 3 is 1.10 bits per heavy atom. The number of nitrogens with zero attached hydrogens (tertiary/aromatic N) is 3. The van der Waals surface area contributed by atoms with Gasteiger partial charge in [-0.25, -0.2) is 14.4 Å². The number of hydrogen-bond acceptors (Lipinski definition) is 9. The van der Waals surface area contributed by atoms with E-state index in [0.717, 1.165) is 4.90 Å². The van der Waals surface area contributed by atoms with Gasteiger partial charge in [0.05, 0.1) is 0 Å². The van der Waals surface area contributed by atoms with Crippen LogP contribution in [0.4, 0.5) is 0 Å². The van der Waals surface area contributed by atoms with Crippen molar-refractivity contribution >= 4 is 35.6 Å². The first kappa shape index (κ1) is 40.7. The number of hydrogen-bond donors (Lipinski definition) is 0. The standard InChI is InChI=1S/C39H53N3O9/c1-23(2)31-37(46)49-26(7)34(43)40(8)32(24(3)4)38(47)50-30(22-28-19-15-12-16-20-28)36(45)42(10)33(25(5)6)39(48)51-29(35(44)41(31)9)21-27-17-13-11-14-18-27/h11-20,23-26,29-33H,21-22H2,1-10H3/t26-,29-,30-,31+,32+,33+/m1/s1. The van der Waals surface area contributed by atoms with E-state index in [4.69, 9.17) is 14.2 Å². The molecule has 0 aliphatic carbocycles. The quantitative estimate of drug-likeness (QED) is 0.312. The minimum absolute atomic E-state index is 0.0113. The normalized spacial score (nSPS) is 25.2. The Morgan fingerprint density at radius 1 is 0.490 bits per heavy atom. The first-order valence-electron chi connectivity index (χ1n) is 17.4. The van der Waals surface area contributed by atoms with Gasteiger partial charge in [0, 0.05) is 34.0 Å². The smallest absolute Gasteiger partial charge is 0.329 e. The van der Waals surface area contributed by atoms with Gasteiger partial charge >= 0.3 is 17.9 Å². The molecule has 278 valence electrons. The first-order valence-corrected chi connectivity index (χ1v) is 17.4. The largest absolute Gasteiger partial charge is 0.451 e. The molecule has 51 heavy (non-hydrogen) atoms. The van der Waals surface area contributed by atoms with Gasteiger partial charge in [0.1, 0.15) is 18.1 Å². The fraction of sp³-hybridized carbons (Fsp3) is 0.538. The molecule has 3 amide bonds. The predicted molar refractivity (Wildman–Crippen MR) is 190 cm³/mol. The number of amides is 3. The van der Waals surface area contributed by atoms with Crippen LogP contribution >= 0.6 is 0 Å². The van der Waals surface area contributed by atoms with E-state index in [2.05, 4.69) is 0 Å². The van der Waals surface area contributed by atoms with Crippen LogP contribution < -0.4 is 0 Å². The van der Waals surface area contributed by atoms with Crippen LogP contribution in [-0.4, -0.2) is 108 Å². The van der Waals surface area contributed by atoms with E-state index in [1.807, 2.05) is 12.1 Å². The molecule has 1 fully saturated rings. The number of cyclic esters (lactones) is 3. The van der Waals surface area contributed by atoms with Crippen molar-refractivity contribution in [2.24, 2.45) is 17.8 Å². The van der Waals surface area contributed by atoms with Crippen LogP contribution in [0.2, 0.25) is 0 Å². The zero-order valence-corrected chi connectivity index (χ0v) is 31.4. The SMILES string of the molecule is CC(C)[C@H]1C(=O)O[C@H](Cc2ccccc2)C(=O)N(C)[C@@H](C(C)C)C(=O)O[C@H](Cc2ccccc2)C(=O)N(C)[C@@H](C(C)C)C(=O)O[C@H](C)C(=O)N1C. The molecule has 1 aliphatic heterocycles. The lowest BCUT2D eigenvalue weighted by Gasteiger charge is -2.37. The number of carbonyl (C=O) groups is 6. The molecule has 0 spiro atoms. The van der Waals surface area contributed by atoms with Crippen molar-refractivity contribution in [2.45, 2.75) is 97.7 Å². The summed E-state index contributed by atoms with van der Waals surface area (Å²) in [5.74, 6) is -5.90. The Labute approximate surface area is 301 Å². The van der Waals surface area contributed by atoms with Crippen LogP contribution in [0.5, 0.6) is 0 Å². The fourth-order valence-electron chi connectivity index (χ4n) is 6.51. The Bertz CT molecular complexity index is 1480. The molecule has 1 saturated heterocycles. The topological polar surface area (TPSA) is 140 Å². The molecule has 2 aromatic carbocycles. The minimum Gasteiger partial charge on any atom is -0.451 e. The second-order valence-electron chi connectivity index (χ2n) is 14.2. The molecular weight excluding hydrogens is 654 g/mol. The van der Waals surface area contributed by atoms with Crippen molar-refractivity contribution in [1.29, 1.82) is 0 Å². The van der Waals surface area contributed by atoms with Crippen LogP contribution in [0.1, 0.15) is 59.6 Å². The summed E-state index contributed by atoms with van der Waals surface area (Å²) in [5, 5.41) is 0. The van der Waals surface area contributed by atoms with Crippen LogP contribution in [-0.2, 0) is 55.8 Å². The second kappa shape index (κ2) is 18.0. The van der Waals surface area contributed by atoms with E-state index < -0.39 is 89.8 Å². The molecule has 0 radical (unpaired) electrons. The number of ether oxygens (including phenoxy) is 3. The maximum Gasteiger partial charge on any atom is 0.329 e. The lowest BCUT2D eigenvalue weighted by atomic mass is 9.99. The first-order chi connectivity index (χ1) is 24.0. The third-order valence-electron chi connectivity index (χ3n) is 9.15. The summed E-state index contributed by atoms with van der Waals surface area (Å²) in [5.41, 5.74) is 1.40. The third kappa shape index (κ3) is 10.2. The second-order valence-corrected chi connectivity index (χ2v) is 14.2. The van der Waals surface area contributed by atoms with Crippen molar-refractivity contribution in [3.05, 3.63) is 71.8 Å². The summed E-state index contributed by atoms with van der Waals surface area (Å²) in [7, 11) is 4.26. The highest BCUT2D eigenvalue weighted by Crippen LogP contribution is 2.23. The van der Waals surface area contributed by atoms with Crippen LogP contribution in [0.3, 0.4) is 0 Å². The summed E-state index contributed by atoms with van der Waals surface area (Å²) in [6, 6.07) is 14.4. The van der Waals surface area contributed by atoms with E-state index in [0.29, 0.717) is 11.1 Å². The number of likely N-dealkylation sites (N-methyl/N-ethyl adjacent to an activating group) is 3. The molecule has 0 N–H and O–H groups in total. The Morgan fingerprint density at radius 2 is 0.784 bits per heavy atom. The molecule has 0 bridgehead atoms. The highest BCUT2D eigenvalue weighted by molar-refractivity contribution is 5.94. The number of carbonyl (C=O) groups excluding carboxylic acids is 6. The van der Waals surface area contributed by atoms with Gasteiger partial charge in [0.25, 0.3) is 17.7 Å². The fourth-order valence-corrected chi connectivity index (χ4v) is 6.51. The summed E-state index contributed by atoms with van der Waals surface area (Å²) in [6.07, 6.45) is -4.11. The molecular formula is C39H53N3O9. The predicted octanol–water partition coefficient (Wildman–Crippen LogP) is 3.69. The lowest BCUT2D eigenvalue weighted by molar-refractivity contribution is -0.178. The average molecular weight is 708 g/mol. The van der Waals surface area contributed by atoms with Gasteiger partial charge in [-0.2, -0.15) is 0 Å². The maximum atomic E-state index is 14.3. The third-order valence-corrected chi connectivity index (χ3v) is 9.15. The van der Waals surface area contributed by atoms with Crippen molar-refractivity contribution in [2.75, 3.05) is 21.1 Å². The highest BCUT2D eigenvalue weighted by atomic mass is 16.6. The van der Waals surface area contributed by atoms with Crippen molar-refractivity contribution in [3.8, 4) is 0 Å². The molecule has 0 unspecified atom stereocenters.